The predicted octanol–water partition coefficient (Wildman–Crippen LogP) is 3.92. The third-order valence-electron chi connectivity index (χ3n) is 3.64. The van der Waals surface area contributed by atoms with Crippen LogP contribution in [0.3, 0.4) is 0 Å². The van der Waals surface area contributed by atoms with Gasteiger partial charge in [0.2, 0.25) is 5.95 Å². The van der Waals surface area contributed by atoms with Crippen LogP contribution in [0.15, 0.2) is 58.8 Å². The lowest BCUT2D eigenvalue weighted by Crippen LogP contribution is -2.34. The number of azo groups is 1. The van der Waals surface area contributed by atoms with Crippen molar-refractivity contribution in [2.45, 2.75) is 0 Å². The summed E-state index contributed by atoms with van der Waals surface area (Å²) >= 11 is 11.7. The molecule has 0 saturated carbocycles. The largest absolute Gasteiger partial charge is 0.382 e. The molecule has 1 amide bonds. The van der Waals surface area contributed by atoms with E-state index in [0.29, 0.717) is 15.7 Å². The van der Waals surface area contributed by atoms with Gasteiger partial charge in [-0.05, 0) is 48.5 Å². The van der Waals surface area contributed by atoms with E-state index >= 15 is 0 Å². The van der Waals surface area contributed by atoms with E-state index in [1.165, 1.54) is 0 Å². The summed E-state index contributed by atoms with van der Waals surface area (Å²) in [4.78, 5) is 20.0. The summed E-state index contributed by atoms with van der Waals surface area (Å²) in [5, 5.41) is 12.3. The van der Waals surface area contributed by atoms with Gasteiger partial charge in [0.05, 0.1) is 12.2 Å². The van der Waals surface area contributed by atoms with Crippen LogP contribution in [-0.2, 0) is 4.79 Å². The highest BCUT2D eigenvalue weighted by Gasteiger charge is 2.12. The number of hydrogen-bond acceptors (Lipinski definition) is 9. The normalized spacial score (nSPS) is 10.7. The minimum atomic E-state index is -0.374. The maximum atomic E-state index is 12.1. The molecule has 2 aromatic carbocycles. The zero-order valence-electron chi connectivity index (χ0n) is 15.4. The van der Waals surface area contributed by atoms with Gasteiger partial charge in [0.25, 0.3) is 5.91 Å². The topological polar surface area (TPSA) is 156 Å². The van der Waals surface area contributed by atoms with Crippen molar-refractivity contribution >= 4 is 63.8 Å². The molecule has 0 fully saturated rings. The number of amides is 1. The van der Waals surface area contributed by atoms with Gasteiger partial charge in [-0.15, -0.1) is 5.11 Å². The quantitative estimate of drug-likeness (QED) is 0.272. The average Bonchev–Trinajstić information content (AvgIpc) is 2.72. The van der Waals surface area contributed by atoms with Crippen molar-refractivity contribution in [3.8, 4) is 0 Å². The molecule has 0 saturated heterocycles. The minimum Gasteiger partial charge on any atom is -0.382 e. The lowest BCUT2D eigenvalue weighted by Gasteiger charge is -2.12. The van der Waals surface area contributed by atoms with Crippen LogP contribution in [0.2, 0.25) is 10.0 Å². The molecule has 3 aromatic rings. The smallest absolute Gasteiger partial charge is 0.257 e. The molecule has 3 rings (SSSR count). The Labute approximate surface area is 181 Å². The number of hydrogen-bond donors (Lipinski definition) is 5. The maximum absolute atomic E-state index is 12.1. The van der Waals surface area contributed by atoms with E-state index in [-0.39, 0.29) is 35.7 Å². The van der Waals surface area contributed by atoms with Crippen molar-refractivity contribution in [2.24, 2.45) is 10.2 Å². The van der Waals surface area contributed by atoms with Crippen LogP contribution >= 0.6 is 23.2 Å². The average molecular weight is 446 g/mol. The van der Waals surface area contributed by atoms with Crippen LogP contribution in [0, 0.1) is 0 Å². The van der Waals surface area contributed by atoms with E-state index in [1.54, 1.807) is 48.5 Å². The van der Waals surface area contributed by atoms with Crippen molar-refractivity contribution < 1.29 is 4.79 Å². The Bertz CT molecular complexity index is 1060. The van der Waals surface area contributed by atoms with Crippen LogP contribution in [0.1, 0.15) is 0 Å². The summed E-state index contributed by atoms with van der Waals surface area (Å²) in [7, 11) is 0. The fourth-order valence-electron chi connectivity index (χ4n) is 2.21. The molecular formula is C18H17Cl2N9O. The number of nitrogens with one attached hydrogen (secondary N) is 3. The first-order chi connectivity index (χ1) is 14.4. The van der Waals surface area contributed by atoms with Crippen LogP contribution in [0.25, 0.3) is 0 Å². The molecule has 0 aliphatic carbocycles. The molecule has 0 spiro atoms. The van der Waals surface area contributed by atoms with E-state index in [0.717, 1.165) is 5.69 Å². The second kappa shape index (κ2) is 9.72. The summed E-state index contributed by atoms with van der Waals surface area (Å²) in [5.74, 6) is -0.371. The fourth-order valence-corrected chi connectivity index (χ4v) is 2.47. The molecule has 12 heteroatoms. The Hall–Kier alpha value is -3.63. The van der Waals surface area contributed by atoms with E-state index in [4.69, 9.17) is 34.7 Å². The predicted molar refractivity (Wildman–Crippen MR) is 118 cm³/mol. The number of nitrogens with two attached hydrogens (primary N) is 2. The third kappa shape index (κ3) is 5.93. The highest BCUT2D eigenvalue weighted by molar-refractivity contribution is 6.30. The molecule has 1 aromatic heterocycles. The number of anilines is 4. The molecule has 154 valence electrons. The first-order valence-corrected chi connectivity index (χ1v) is 9.31. The SMILES string of the molecule is Nc1nc(N)c(N=Nc2ccc(Cl)cc2)c(NNC(=O)CNc2ccc(Cl)cc2)n1. The maximum Gasteiger partial charge on any atom is 0.257 e. The zero-order chi connectivity index (χ0) is 21.5. The minimum absolute atomic E-state index is 0.00347. The van der Waals surface area contributed by atoms with Gasteiger partial charge < -0.3 is 16.8 Å². The lowest BCUT2D eigenvalue weighted by atomic mass is 10.3. The highest BCUT2D eigenvalue weighted by Crippen LogP contribution is 2.30. The Morgan fingerprint density at radius 1 is 0.933 bits per heavy atom. The number of rotatable bonds is 7. The van der Waals surface area contributed by atoms with Crippen molar-refractivity contribution in [3.05, 3.63) is 58.6 Å². The van der Waals surface area contributed by atoms with Crippen LogP contribution in [0.5, 0.6) is 0 Å². The molecule has 10 nitrogen and oxygen atoms in total. The Morgan fingerprint density at radius 3 is 2.23 bits per heavy atom. The van der Waals surface area contributed by atoms with Gasteiger partial charge in [-0.2, -0.15) is 15.1 Å². The fraction of sp³-hybridized carbons (Fsp3) is 0.0556. The van der Waals surface area contributed by atoms with Crippen LogP contribution in [0.4, 0.5) is 34.6 Å². The van der Waals surface area contributed by atoms with Crippen molar-refractivity contribution in [1.29, 1.82) is 0 Å². The summed E-state index contributed by atoms with van der Waals surface area (Å²) in [6.07, 6.45) is 0. The van der Waals surface area contributed by atoms with Gasteiger partial charge in [0, 0.05) is 15.7 Å². The van der Waals surface area contributed by atoms with E-state index in [9.17, 15) is 4.79 Å². The van der Waals surface area contributed by atoms with Crippen molar-refractivity contribution in [3.63, 3.8) is 0 Å². The number of nitrogens with zero attached hydrogens (tertiary/aromatic N) is 4. The molecule has 0 unspecified atom stereocenters. The number of carbonyl (C=O) groups excluding carboxylic acids is 1. The standard InChI is InChI=1S/C18H17Cl2N9O/c19-10-1-5-12(6-2-10)23-9-14(30)27-29-17-15(16(21)24-18(22)25-17)28-26-13-7-3-11(20)4-8-13/h1-8,23H,9H2,(H,27,30)(H5,21,22,24,25,29). The molecule has 0 atom stereocenters. The molecule has 0 aliphatic heterocycles. The summed E-state index contributed by atoms with van der Waals surface area (Å²) in [5.41, 5.74) is 18.0. The Morgan fingerprint density at radius 2 is 1.57 bits per heavy atom. The molecular weight excluding hydrogens is 429 g/mol. The van der Waals surface area contributed by atoms with Crippen molar-refractivity contribution in [2.75, 3.05) is 28.8 Å². The molecule has 1 heterocycles. The number of benzene rings is 2. The van der Waals surface area contributed by atoms with Gasteiger partial charge in [0.1, 0.15) is 0 Å². The summed E-state index contributed by atoms with van der Waals surface area (Å²) in [6, 6.07) is 13.6. The Kier molecular flexibility index (Phi) is 6.83. The van der Waals surface area contributed by atoms with E-state index < -0.39 is 0 Å². The number of halogens is 2. The zero-order valence-corrected chi connectivity index (χ0v) is 16.9. The second-order valence-electron chi connectivity index (χ2n) is 5.87. The Balaban J connectivity index is 1.66. The van der Waals surface area contributed by atoms with Gasteiger partial charge in [-0.1, -0.05) is 23.2 Å². The second-order valence-corrected chi connectivity index (χ2v) is 6.75. The van der Waals surface area contributed by atoms with Gasteiger partial charge in [0.15, 0.2) is 17.3 Å². The third-order valence-corrected chi connectivity index (χ3v) is 4.14. The summed E-state index contributed by atoms with van der Waals surface area (Å²) in [6.45, 7) is -0.00763. The number of nitrogen functional groups attached to an aromatic ring is 2. The van der Waals surface area contributed by atoms with E-state index in [1.807, 2.05) is 0 Å². The molecule has 7 N–H and O–H groups in total. The first-order valence-electron chi connectivity index (χ1n) is 8.55. The van der Waals surface area contributed by atoms with Gasteiger partial charge in [-0.25, -0.2) is 0 Å². The lowest BCUT2D eigenvalue weighted by molar-refractivity contribution is -0.118. The molecule has 0 radical (unpaired) electrons. The number of carbonyl (C=O) groups is 1. The van der Waals surface area contributed by atoms with Crippen LogP contribution in [-0.4, -0.2) is 22.4 Å². The summed E-state index contributed by atoms with van der Waals surface area (Å²) < 4.78 is 0. The molecule has 0 aliphatic rings. The number of aromatic nitrogens is 2. The van der Waals surface area contributed by atoms with Gasteiger partial charge >= 0.3 is 0 Å². The first kappa shape index (κ1) is 21.1. The van der Waals surface area contributed by atoms with Crippen LogP contribution < -0.4 is 27.6 Å². The monoisotopic (exact) mass is 445 g/mol. The van der Waals surface area contributed by atoms with Crippen molar-refractivity contribution in [1.82, 2.24) is 15.4 Å². The molecule has 0 bridgehead atoms. The highest BCUT2D eigenvalue weighted by atomic mass is 35.5. The number of hydrazine groups is 1. The van der Waals surface area contributed by atoms with Gasteiger partial charge in [-0.3, -0.25) is 15.6 Å². The molecule has 30 heavy (non-hydrogen) atoms. The van der Waals surface area contributed by atoms with E-state index in [2.05, 4.69) is 36.4 Å².